The molecule has 1 aromatic heterocycles. The largest absolute Gasteiger partial charge is 0.497 e. The molecule has 0 bridgehead atoms. The van der Waals surface area contributed by atoms with Crippen LogP contribution in [0.25, 0.3) is 0 Å². The van der Waals surface area contributed by atoms with Crippen molar-refractivity contribution in [2.75, 3.05) is 27.2 Å². The Morgan fingerprint density at radius 3 is 2.53 bits per heavy atom. The van der Waals surface area contributed by atoms with Crippen molar-refractivity contribution in [3.05, 3.63) is 41.5 Å². The number of likely N-dealkylation sites (tertiary alicyclic amines) is 1. The first-order valence-electron chi connectivity index (χ1n) is 10.4. The Kier molecular flexibility index (Phi) is 6.97. The van der Waals surface area contributed by atoms with E-state index >= 15 is 0 Å². The number of amides is 1. The highest BCUT2D eigenvalue weighted by atomic mass is 16.6. The first-order valence-corrected chi connectivity index (χ1v) is 10.4. The van der Waals surface area contributed by atoms with Gasteiger partial charge in [-0.1, -0.05) is 17.3 Å². The van der Waals surface area contributed by atoms with E-state index in [9.17, 15) is 4.79 Å². The third kappa shape index (κ3) is 6.19. The highest BCUT2D eigenvalue weighted by Crippen LogP contribution is 2.28. The van der Waals surface area contributed by atoms with Gasteiger partial charge in [-0.05, 0) is 71.4 Å². The van der Waals surface area contributed by atoms with Crippen LogP contribution in [-0.2, 0) is 11.2 Å². The van der Waals surface area contributed by atoms with Gasteiger partial charge in [0.05, 0.1) is 13.2 Å². The van der Waals surface area contributed by atoms with Gasteiger partial charge in [-0.3, -0.25) is 0 Å². The fraction of sp³-hybridized carbons (Fsp3) is 0.591. The lowest BCUT2D eigenvalue weighted by Gasteiger charge is -2.26. The van der Waals surface area contributed by atoms with Crippen molar-refractivity contribution in [1.29, 1.82) is 0 Å². The van der Waals surface area contributed by atoms with Crippen LogP contribution >= 0.6 is 0 Å². The smallest absolute Gasteiger partial charge is 0.408 e. The zero-order valence-electron chi connectivity index (χ0n) is 18.5. The number of alkyl carbamates (subject to hydrolysis) is 1. The summed E-state index contributed by atoms with van der Waals surface area (Å²) in [4.78, 5) is 19.4. The maximum absolute atomic E-state index is 12.4. The summed E-state index contributed by atoms with van der Waals surface area (Å²) in [6.07, 6.45) is 1.98. The normalized spacial score (nSPS) is 16.8. The van der Waals surface area contributed by atoms with Gasteiger partial charge in [0.2, 0.25) is 5.89 Å². The number of hydrogen-bond donors (Lipinski definition) is 1. The second-order valence-electron chi connectivity index (χ2n) is 8.82. The number of ether oxygens (including phenoxy) is 2. The van der Waals surface area contributed by atoms with E-state index in [0.29, 0.717) is 18.1 Å². The van der Waals surface area contributed by atoms with Gasteiger partial charge in [0, 0.05) is 12.3 Å². The lowest BCUT2D eigenvalue weighted by Crippen LogP contribution is -2.36. The summed E-state index contributed by atoms with van der Waals surface area (Å²) < 4.78 is 16.2. The molecule has 164 valence electrons. The summed E-state index contributed by atoms with van der Waals surface area (Å²) in [5.41, 5.74) is 0.424. The Labute approximate surface area is 177 Å². The molecule has 1 aliphatic rings. The molecule has 1 aliphatic heterocycles. The van der Waals surface area contributed by atoms with Gasteiger partial charge in [-0.15, -0.1) is 0 Å². The number of methoxy groups -OCH3 is 1. The van der Waals surface area contributed by atoms with E-state index in [1.54, 1.807) is 7.11 Å². The molecule has 1 amide bonds. The summed E-state index contributed by atoms with van der Waals surface area (Å²) in [6, 6.07) is 7.23. The molecule has 1 aromatic carbocycles. The predicted molar refractivity (Wildman–Crippen MR) is 113 cm³/mol. The second-order valence-corrected chi connectivity index (χ2v) is 8.82. The Hall–Kier alpha value is -2.61. The van der Waals surface area contributed by atoms with Crippen LogP contribution < -0.4 is 10.1 Å². The first kappa shape index (κ1) is 22.1. The van der Waals surface area contributed by atoms with Crippen molar-refractivity contribution in [3.8, 4) is 5.75 Å². The molecule has 0 radical (unpaired) electrons. The van der Waals surface area contributed by atoms with E-state index < -0.39 is 17.7 Å². The first-order chi connectivity index (χ1) is 14.2. The van der Waals surface area contributed by atoms with Gasteiger partial charge >= 0.3 is 6.09 Å². The third-order valence-electron chi connectivity index (χ3n) is 5.13. The van der Waals surface area contributed by atoms with Crippen molar-refractivity contribution >= 4 is 6.09 Å². The maximum Gasteiger partial charge on any atom is 0.408 e. The van der Waals surface area contributed by atoms with Crippen molar-refractivity contribution in [2.45, 2.75) is 57.6 Å². The minimum absolute atomic E-state index is 0.255. The highest BCUT2D eigenvalue weighted by molar-refractivity contribution is 5.68. The van der Waals surface area contributed by atoms with Crippen LogP contribution in [-0.4, -0.2) is 54.0 Å². The molecule has 0 spiro atoms. The van der Waals surface area contributed by atoms with Gasteiger partial charge in [0.25, 0.3) is 0 Å². The van der Waals surface area contributed by atoms with Crippen LogP contribution in [0, 0.1) is 0 Å². The van der Waals surface area contributed by atoms with E-state index in [1.165, 1.54) is 0 Å². The van der Waals surface area contributed by atoms with Gasteiger partial charge in [-0.25, -0.2) is 4.79 Å². The van der Waals surface area contributed by atoms with E-state index in [0.717, 1.165) is 37.2 Å². The van der Waals surface area contributed by atoms with Crippen molar-refractivity contribution in [1.82, 2.24) is 20.4 Å². The molecule has 1 saturated heterocycles. The Bertz CT molecular complexity index is 820. The molecule has 3 rings (SSSR count). The number of nitrogens with zero attached hydrogens (tertiary/aromatic N) is 3. The summed E-state index contributed by atoms with van der Waals surface area (Å²) in [7, 11) is 3.75. The molecular formula is C22H32N4O4. The summed E-state index contributed by atoms with van der Waals surface area (Å²) in [5, 5.41) is 7.10. The fourth-order valence-electron chi connectivity index (χ4n) is 3.46. The van der Waals surface area contributed by atoms with Crippen LogP contribution in [0.5, 0.6) is 5.75 Å². The molecule has 0 saturated carbocycles. The average molecular weight is 417 g/mol. The molecule has 2 heterocycles. The van der Waals surface area contributed by atoms with Crippen LogP contribution in [0.3, 0.4) is 0 Å². The van der Waals surface area contributed by atoms with Gasteiger partial charge < -0.3 is 24.2 Å². The number of rotatable bonds is 6. The predicted octanol–water partition coefficient (Wildman–Crippen LogP) is 3.70. The summed E-state index contributed by atoms with van der Waals surface area (Å²) in [5.74, 6) is 2.14. The van der Waals surface area contributed by atoms with Gasteiger partial charge in [0.15, 0.2) is 5.82 Å². The number of benzene rings is 1. The van der Waals surface area contributed by atoms with E-state index in [1.807, 2.05) is 45.0 Å². The average Bonchev–Trinajstić information content (AvgIpc) is 3.17. The lowest BCUT2D eigenvalue weighted by atomic mass is 9.97. The molecule has 1 fully saturated rings. The fourth-order valence-corrected chi connectivity index (χ4v) is 3.46. The van der Waals surface area contributed by atoms with Gasteiger partial charge in [-0.2, -0.15) is 4.98 Å². The van der Waals surface area contributed by atoms with Crippen molar-refractivity contribution in [3.63, 3.8) is 0 Å². The SMILES string of the molecule is COc1ccc(CC(NC(=O)OC(C)(C)C)c2noc(C3CCN(C)CC3)n2)cc1. The summed E-state index contributed by atoms with van der Waals surface area (Å²) >= 11 is 0. The molecule has 8 nitrogen and oxygen atoms in total. The standard InChI is InChI=1S/C22H32N4O4/c1-22(2,3)29-21(27)23-18(14-15-6-8-17(28-5)9-7-15)19-24-20(30-25-19)16-10-12-26(4)13-11-16/h6-9,16,18H,10-14H2,1-5H3,(H,23,27). The molecule has 30 heavy (non-hydrogen) atoms. The second kappa shape index (κ2) is 9.47. The maximum atomic E-state index is 12.4. The van der Waals surface area contributed by atoms with Crippen molar-refractivity contribution in [2.24, 2.45) is 0 Å². The highest BCUT2D eigenvalue weighted by Gasteiger charge is 2.28. The molecule has 1 atom stereocenters. The molecule has 0 aliphatic carbocycles. The Balaban J connectivity index is 1.76. The number of carbonyl (C=O) groups is 1. The summed E-state index contributed by atoms with van der Waals surface area (Å²) in [6.45, 7) is 7.51. The van der Waals surface area contributed by atoms with Crippen molar-refractivity contribution < 1.29 is 18.8 Å². The molecular weight excluding hydrogens is 384 g/mol. The monoisotopic (exact) mass is 416 g/mol. The van der Waals surface area contributed by atoms with Crippen LogP contribution in [0.15, 0.2) is 28.8 Å². The third-order valence-corrected chi connectivity index (χ3v) is 5.13. The number of carbonyl (C=O) groups excluding carboxylic acids is 1. The zero-order chi connectivity index (χ0) is 21.7. The number of piperidine rings is 1. The topological polar surface area (TPSA) is 89.7 Å². The molecule has 2 aromatic rings. The van der Waals surface area contributed by atoms with E-state index in [-0.39, 0.29) is 5.92 Å². The molecule has 1 N–H and O–H groups in total. The Morgan fingerprint density at radius 1 is 1.27 bits per heavy atom. The quantitative estimate of drug-likeness (QED) is 0.768. The number of hydrogen-bond acceptors (Lipinski definition) is 7. The van der Waals surface area contributed by atoms with Gasteiger partial charge in [0.1, 0.15) is 11.4 Å². The minimum atomic E-state index is -0.592. The molecule has 8 heteroatoms. The Morgan fingerprint density at radius 2 is 1.93 bits per heavy atom. The van der Waals surface area contributed by atoms with E-state index in [2.05, 4.69) is 27.4 Å². The lowest BCUT2D eigenvalue weighted by molar-refractivity contribution is 0.0500. The van der Waals surface area contributed by atoms with Crippen LogP contribution in [0.4, 0.5) is 4.79 Å². The number of nitrogens with one attached hydrogen (secondary N) is 1. The van der Waals surface area contributed by atoms with E-state index in [4.69, 9.17) is 14.0 Å². The number of aromatic nitrogens is 2. The van der Waals surface area contributed by atoms with Crippen LogP contribution in [0.2, 0.25) is 0 Å². The molecule has 1 unspecified atom stereocenters. The zero-order valence-corrected chi connectivity index (χ0v) is 18.5. The van der Waals surface area contributed by atoms with Crippen LogP contribution in [0.1, 0.15) is 62.9 Å². The minimum Gasteiger partial charge on any atom is -0.497 e.